The lowest BCUT2D eigenvalue weighted by atomic mass is 10.1. The Hall–Kier alpha value is -2.13. The van der Waals surface area contributed by atoms with Crippen LogP contribution >= 0.6 is 12.2 Å². The van der Waals surface area contributed by atoms with Gasteiger partial charge >= 0.3 is 0 Å². The molecule has 0 saturated heterocycles. The maximum absolute atomic E-state index is 5.51. The molecule has 1 heterocycles. The van der Waals surface area contributed by atoms with Crippen LogP contribution in [-0.4, -0.2) is 11.7 Å². The van der Waals surface area contributed by atoms with Gasteiger partial charge in [-0.1, -0.05) is 30.4 Å². The summed E-state index contributed by atoms with van der Waals surface area (Å²) in [5.41, 5.74) is 3.38. The van der Waals surface area contributed by atoms with Crippen molar-refractivity contribution >= 4 is 23.1 Å². The third kappa shape index (κ3) is 2.10. The van der Waals surface area contributed by atoms with Crippen molar-refractivity contribution in [1.29, 1.82) is 0 Å². The molecule has 1 aromatic heterocycles. The monoisotopic (exact) mass is 281 g/mol. The Morgan fingerprint density at radius 1 is 1.00 bits per heavy atom. The molecular weight excluding hydrogens is 266 g/mol. The molecule has 0 bridgehead atoms. The maximum Gasteiger partial charge on any atom is 0.118 e. The van der Waals surface area contributed by atoms with E-state index in [2.05, 4.69) is 41.9 Å². The van der Waals surface area contributed by atoms with Crippen LogP contribution in [0.15, 0.2) is 54.6 Å². The largest absolute Gasteiger partial charge is 0.497 e. The lowest BCUT2D eigenvalue weighted by molar-refractivity contribution is 0.415. The van der Waals surface area contributed by atoms with E-state index in [0.29, 0.717) is 0 Å². The Morgan fingerprint density at radius 2 is 1.70 bits per heavy atom. The molecule has 0 radical (unpaired) electrons. The lowest BCUT2D eigenvalue weighted by Gasteiger charge is -2.13. The number of aromatic nitrogens is 1. The molecule has 0 fully saturated rings. The standard InChI is InChI=1S/C17H15NOS/c1-18-15-6-4-3-5-14(15)17(20)11-16(18)12-7-9-13(19-2)10-8-12/h3-11H,1-2H3. The molecule has 0 saturated carbocycles. The Bertz CT molecular complexity index is 819. The highest BCUT2D eigenvalue weighted by molar-refractivity contribution is 7.71. The van der Waals surface area contributed by atoms with Gasteiger partial charge in [0.2, 0.25) is 0 Å². The van der Waals surface area contributed by atoms with E-state index in [1.807, 2.05) is 24.3 Å². The van der Waals surface area contributed by atoms with Gasteiger partial charge in [-0.3, -0.25) is 0 Å². The van der Waals surface area contributed by atoms with Gasteiger partial charge in [0.05, 0.1) is 7.11 Å². The second-order valence-electron chi connectivity index (χ2n) is 4.70. The third-order valence-corrected chi connectivity index (χ3v) is 3.88. The number of fused-ring (bicyclic) bond motifs is 1. The minimum Gasteiger partial charge on any atom is -0.497 e. The van der Waals surface area contributed by atoms with E-state index in [1.54, 1.807) is 7.11 Å². The SMILES string of the molecule is COc1ccc(-c2cc(=S)c3ccccc3n2C)cc1. The molecule has 0 aliphatic carbocycles. The van der Waals surface area contributed by atoms with Crippen molar-refractivity contribution in [2.24, 2.45) is 7.05 Å². The summed E-state index contributed by atoms with van der Waals surface area (Å²) in [4.78, 5) is 0. The second-order valence-corrected chi connectivity index (χ2v) is 5.14. The van der Waals surface area contributed by atoms with E-state index in [-0.39, 0.29) is 0 Å². The first-order chi connectivity index (χ1) is 9.70. The Balaban J connectivity index is 2.25. The molecule has 100 valence electrons. The van der Waals surface area contributed by atoms with Crippen LogP contribution in [0.5, 0.6) is 5.75 Å². The fraction of sp³-hybridized carbons (Fsp3) is 0.118. The fourth-order valence-electron chi connectivity index (χ4n) is 2.44. The smallest absolute Gasteiger partial charge is 0.118 e. The highest BCUT2D eigenvalue weighted by Gasteiger charge is 2.06. The normalized spacial score (nSPS) is 10.7. The molecule has 2 aromatic carbocycles. The molecule has 3 aromatic rings. The predicted molar refractivity (Wildman–Crippen MR) is 85.7 cm³/mol. The zero-order chi connectivity index (χ0) is 14.1. The van der Waals surface area contributed by atoms with Gasteiger partial charge in [0, 0.05) is 28.2 Å². The molecule has 0 atom stereocenters. The number of hydrogen-bond acceptors (Lipinski definition) is 2. The zero-order valence-corrected chi connectivity index (χ0v) is 12.3. The third-order valence-electron chi connectivity index (χ3n) is 3.55. The summed E-state index contributed by atoms with van der Waals surface area (Å²) in [6.45, 7) is 0. The highest BCUT2D eigenvalue weighted by Crippen LogP contribution is 2.26. The molecule has 0 amide bonds. The molecule has 3 rings (SSSR count). The summed E-state index contributed by atoms with van der Waals surface area (Å²) in [5, 5.41) is 1.11. The molecule has 0 N–H and O–H groups in total. The van der Waals surface area contributed by atoms with E-state index < -0.39 is 0 Å². The number of para-hydroxylation sites is 1. The Labute approximate surface area is 123 Å². The van der Waals surface area contributed by atoms with Gasteiger partial charge < -0.3 is 9.30 Å². The Kier molecular flexibility index (Phi) is 3.28. The topological polar surface area (TPSA) is 14.2 Å². The van der Waals surface area contributed by atoms with Gasteiger partial charge in [0.15, 0.2) is 0 Å². The average Bonchev–Trinajstić information content (AvgIpc) is 2.51. The summed E-state index contributed by atoms with van der Waals surface area (Å²) in [6, 6.07) is 18.3. The number of methoxy groups -OCH3 is 1. The number of rotatable bonds is 2. The summed E-state index contributed by atoms with van der Waals surface area (Å²) in [6.07, 6.45) is 0. The minimum absolute atomic E-state index is 0.857. The van der Waals surface area contributed by atoms with Crippen molar-refractivity contribution in [2.45, 2.75) is 0 Å². The van der Waals surface area contributed by atoms with E-state index in [9.17, 15) is 0 Å². The maximum atomic E-state index is 5.51. The zero-order valence-electron chi connectivity index (χ0n) is 11.5. The van der Waals surface area contributed by atoms with Gasteiger partial charge in [-0.25, -0.2) is 0 Å². The average molecular weight is 281 g/mol. The molecule has 0 spiro atoms. The first-order valence-electron chi connectivity index (χ1n) is 6.44. The lowest BCUT2D eigenvalue weighted by Crippen LogP contribution is -1.98. The van der Waals surface area contributed by atoms with Crippen LogP contribution in [0.4, 0.5) is 0 Å². The van der Waals surface area contributed by atoms with Crippen molar-refractivity contribution in [2.75, 3.05) is 7.11 Å². The highest BCUT2D eigenvalue weighted by atomic mass is 32.1. The molecule has 0 unspecified atom stereocenters. The molecule has 20 heavy (non-hydrogen) atoms. The summed E-state index contributed by atoms with van der Waals surface area (Å²) in [7, 11) is 3.74. The quantitative estimate of drug-likeness (QED) is 0.638. The summed E-state index contributed by atoms with van der Waals surface area (Å²) in [5.74, 6) is 0.857. The number of ether oxygens (including phenoxy) is 1. The summed E-state index contributed by atoms with van der Waals surface area (Å²) < 4.78 is 8.25. The molecular formula is C17H15NOS. The van der Waals surface area contributed by atoms with E-state index in [4.69, 9.17) is 17.0 Å². The predicted octanol–water partition coefficient (Wildman–Crippen LogP) is 4.58. The first kappa shape index (κ1) is 12.9. The van der Waals surface area contributed by atoms with E-state index >= 15 is 0 Å². The number of aryl methyl sites for hydroxylation is 1. The minimum atomic E-state index is 0.857. The van der Waals surface area contributed by atoms with E-state index in [1.165, 1.54) is 0 Å². The van der Waals surface area contributed by atoms with Gasteiger partial charge in [-0.05, 0) is 42.0 Å². The van der Waals surface area contributed by atoms with Crippen LogP contribution in [0.25, 0.3) is 22.2 Å². The van der Waals surface area contributed by atoms with Crippen LogP contribution in [0.3, 0.4) is 0 Å². The van der Waals surface area contributed by atoms with Crippen molar-refractivity contribution in [3.8, 4) is 17.0 Å². The Morgan fingerprint density at radius 3 is 2.40 bits per heavy atom. The van der Waals surface area contributed by atoms with Crippen molar-refractivity contribution in [1.82, 2.24) is 4.57 Å². The van der Waals surface area contributed by atoms with Crippen molar-refractivity contribution in [3.63, 3.8) is 0 Å². The van der Waals surface area contributed by atoms with Gasteiger partial charge in [0.25, 0.3) is 0 Å². The number of pyridine rings is 1. The second kappa shape index (κ2) is 5.10. The van der Waals surface area contributed by atoms with Gasteiger partial charge in [-0.2, -0.15) is 0 Å². The number of benzene rings is 2. The van der Waals surface area contributed by atoms with E-state index in [0.717, 1.165) is 32.4 Å². The van der Waals surface area contributed by atoms with Crippen LogP contribution < -0.4 is 4.74 Å². The van der Waals surface area contributed by atoms with Crippen LogP contribution in [-0.2, 0) is 7.05 Å². The fourth-order valence-corrected chi connectivity index (χ4v) is 2.73. The van der Waals surface area contributed by atoms with Crippen molar-refractivity contribution in [3.05, 3.63) is 59.1 Å². The van der Waals surface area contributed by atoms with Crippen LogP contribution in [0.2, 0.25) is 0 Å². The number of hydrogen-bond donors (Lipinski definition) is 0. The van der Waals surface area contributed by atoms with Crippen LogP contribution in [0.1, 0.15) is 0 Å². The molecule has 3 heteroatoms. The van der Waals surface area contributed by atoms with Crippen LogP contribution in [0, 0.1) is 4.51 Å². The molecule has 0 aliphatic rings. The van der Waals surface area contributed by atoms with Gasteiger partial charge in [0.1, 0.15) is 5.75 Å². The van der Waals surface area contributed by atoms with Crippen molar-refractivity contribution < 1.29 is 4.74 Å². The van der Waals surface area contributed by atoms with Gasteiger partial charge in [-0.15, -0.1) is 0 Å². The molecule has 2 nitrogen and oxygen atoms in total. The summed E-state index contributed by atoms with van der Waals surface area (Å²) >= 11 is 5.51. The molecule has 0 aliphatic heterocycles. The first-order valence-corrected chi connectivity index (χ1v) is 6.85. The number of nitrogens with zero attached hydrogens (tertiary/aromatic N) is 1.